The lowest BCUT2D eigenvalue weighted by molar-refractivity contribution is 0.542. The fourth-order valence-electron chi connectivity index (χ4n) is 1.22. The maximum absolute atomic E-state index is 5.20. The Morgan fingerprint density at radius 3 is 2.77 bits per heavy atom. The van der Waals surface area contributed by atoms with Crippen molar-refractivity contribution in [2.75, 3.05) is 0 Å². The Hall–Kier alpha value is -1.50. The molecule has 0 atom stereocenters. The molecule has 1 heterocycles. The zero-order chi connectivity index (χ0) is 9.10. The summed E-state index contributed by atoms with van der Waals surface area (Å²) >= 11 is 0. The molecular formula is C12H10O. The number of rotatable bonds is 2. The highest BCUT2D eigenvalue weighted by Gasteiger charge is 1.98. The zero-order valence-corrected chi connectivity index (χ0v) is 7.23. The standard InChI is InChI=1S/C12H10O/c1-10-4-2-5-11(8-10)9-12-6-3-7-13-12/h2-9H,1H2. The van der Waals surface area contributed by atoms with E-state index < -0.39 is 0 Å². The van der Waals surface area contributed by atoms with Gasteiger partial charge in [-0.3, -0.25) is 0 Å². The fourth-order valence-corrected chi connectivity index (χ4v) is 1.22. The van der Waals surface area contributed by atoms with Crippen molar-refractivity contribution in [3.8, 4) is 0 Å². The first-order chi connectivity index (χ1) is 6.34. The molecule has 1 heteroatoms. The molecule has 0 aliphatic rings. The van der Waals surface area contributed by atoms with E-state index in [4.69, 9.17) is 4.42 Å². The van der Waals surface area contributed by atoms with Crippen molar-refractivity contribution in [2.45, 2.75) is 0 Å². The third-order valence-electron chi connectivity index (χ3n) is 1.80. The summed E-state index contributed by atoms with van der Waals surface area (Å²) in [6, 6.07) is 11.8. The molecule has 2 rings (SSSR count). The van der Waals surface area contributed by atoms with Crippen molar-refractivity contribution in [1.29, 1.82) is 0 Å². The minimum absolute atomic E-state index is 0.866. The van der Waals surface area contributed by atoms with Gasteiger partial charge in [-0.1, -0.05) is 24.3 Å². The van der Waals surface area contributed by atoms with E-state index in [9.17, 15) is 0 Å². The second-order valence-electron chi connectivity index (χ2n) is 2.90. The molecule has 2 aromatic rings. The minimum Gasteiger partial charge on any atom is -0.469 e. The van der Waals surface area contributed by atoms with Gasteiger partial charge in [-0.05, 0) is 30.2 Å². The first kappa shape index (κ1) is 8.11. The van der Waals surface area contributed by atoms with Gasteiger partial charge < -0.3 is 4.42 Å². The van der Waals surface area contributed by atoms with Crippen molar-refractivity contribution in [3.63, 3.8) is 0 Å². The van der Waals surface area contributed by atoms with Crippen molar-refractivity contribution in [3.05, 3.63) is 72.9 Å². The van der Waals surface area contributed by atoms with Gasteiger partial charge in [-0.25, -0.2) is 0 Å². The van der Waals surface area contributed by atoms with Crippen LogP contribution >= 0.6 is 0 Å². The van der Waals surface area contributed by atoms with E-state index >= 15 is 0 Å². The first-order valence-electron chi connectivity index (χ1n) is 4.15. The smallest absolute Gasteiger partial charge is 0.112 e. The number of benzene rings is 1. The largest absolute Gasteiger partial charge is 0.469 e. The molecule has 64 valence electrons. The van der Waals surface area contributed by atoms with E-state index in [1.165, 1.54) is 0 Å². The summed E-state index contributed by atoms with van der Waals surface area (Å²) in [5.74, 6) is 0.866. The lowest BCUT2D eigenvalue weighted by Crippen LogP contribution is -1.82. The highest BCUT2D eigenvalue weighted by molar-refractivity contribution is 5.35. The molecule has 0 N–H and O–H groups in total. The lowest BCUT2D eigenvalue weighted by Gasteiger charge is -1.98. The summed E-state index contributed by atoms with van der Waals surface area (Å²) in [6.07, 6.45) is 3.65. The molecule has 1 aromatic carbocycles. The Morgan fingerprint density at radius 2 is 2.08 bits per heavy atom. The molecule has 0 saturated carbocycles. The highest BCUT2D eigenvalue weighted by atomic mass is 16.3. The van der Waals surface area contributed by atoms with Gasteiger partial charge in [0.25, 0.3) is 0 Å². The van der Waals surface area contributed by atoms with Gasteiger partial charge in [0.1, 0.15) is 5.76 Å². The summed E-state index contributed by atoms with van der Waals surface area (Å²) in [6.45, 7) is 3.86. The Bertz CT molecular complexity index is 374. The Labute approximate surface area is 78.0 Å². The fraction of sp³-hybridized carbons (Fsp3) is 0. The Morgan fingerprint density at radius 1 is 1.15 bits per heavy atom. The molecule has 0 aliphatic heterocycles. The predicted octanol–water partition coefficient (Wildman–Crippen LogP) is 3.06. The van der Waals surface area contributed by atoms with Crippen LogP contribution < -0.4 is 0 Å². The Kier molecular flexibility index (Phi) is 2.17. The summed E-state index contributed by atoms with van der Waals surface area (Å²) in [7, 11) is 0. The predicted molar refractivity (Wildman–Crippen MR) is 52.1 cm³/mol. The van der Waals surface area contributed by atoms with Gasteiger partial charge in [0.2, 0.25) is 0 Å². The normalized spacial score (nSPS) is 10.2. The molecule has 2 radical (unpaired) electrons. The second-order valence-corrected chi connectivity index (χ2v) is 2.90. The summed E-state index contributed by atoms with van der Waals surface area (Å²) in [5, 5.41) is 0. The van der Waals surface area contributed by atoms with E-state index in [-0.39, 0.29) is 0 Å². The van der Waals surface area contributed by atoms with E-state index in [0.717, 1.165) is 16.9 Å². The summed E-state index contributed by atoms with van der Waals surface area (Å²) in [4.78, 5) is 0. The molecule has 0 aliphatic carbocycles. The van der Waals surface area contributed by atoms with Crippen LogP contribution in [0.3, 0.4) is 0 Å². The van der Waals surface area contributed by atoms with E-state index in [1.807, 2.05) is 42.8 Å². The highest BCUT2D eigenvalue weighted by Crippen LogP contribution is 2.13. The van der Waals surface area contributed by atoms with Crippen LogP contribution in [0, 0.1) is 13.3 Å². The first-order valence-corrected chi connectivity index (χ1v) is 4.15. The van der Waals surface area contributed by atoms with Crippen LogP contribution in [0.25, 0.3) is 0 Å². The minimum atomic E-state index is 0.866. The maximum Gasteiger partial charge on any atom is 0.112 e. The van der Waals surface area contributed by atoms with Crippen LogP contribution in [-0.2, 0) is 0 Å². The molecule has 1 aromatic heterocycles. The summed E-state index contributed by atoms with van der Waals surface area (Å²) < 4.78 is 5.20. The van der Waals surface area contributed by atoms with Crippen LogP contribution in [-0.4, -0.2) is 0 Å². The quantitative estimate of drug-likeness (QED) is 0.675. The number of furan rings is 1. The summed E-state index contributed by atoms with van der Waals surface area (Å²) in [5.41, 5.74) is 2.13. The Balaban J connectivity index is 2.19. The molecule has 0 unspecified atom stereocenters. The molecule has 0 spiro atoms. The van der Waals surface area contributed by atoms with Crippen molar-refractivity contribution >= 4 is 0 Å². The van der Waals surface area contributed by atoms with Gasteiger partial charge in [-0.2, -0.15) is 0 Å². The van der Waals surface area contributed by atoms with Crippen LogP contribution in [0.4, 0.5) is 0 Å². The van der Waals surface area contributed by atoms with Gasteiger partial charge in [0.15, 0.2) is 0 Å². The zero-order valence-electron chi connectivity index (χ0n) is 7.23. The molecule has 0 fully saturated rings. The SMILES string of the molecule is [CH2]c1cccc([CH]c2ccco2)c1. The third kappa shape index (κ3) is 2.00. The third-order valence-corrected chi connectivity index (χ3v) is 1.80. The van der Waals surface area contributed by atoms with Crippen molar-refractivity contribution in [2.24, 2.45) is 0 Å². The van der Waals surface area contributed by atoms with E-state index in [2.05, 4.69) is 6.92 Å². The monoisotopic (exact) mass is 170 g/mol. The molecular weight excluding hydrogens is 160 g/mol. The van der Waals surface area contributed by atoms with Crippen molar-refractivity contribution in [1.82, 2.24) is 0 Å². The van der Waals surface area contributed by atoms with Crippen LogP contribution in [0.2, 0.25) is 0 Å². The molecule has 0 saturated heterocycles. The van der Waals surface area contributed by atoms with E-state index in [1.54, 1.807) is 6.26 Å². The van der Waals surface area contributed by atoms with Gasteiger partial charge in [-0.15, -0.1) is 0 Å². The van der Waals surface area contributed by atoms with Gasteiger partial charge >= 0.3 is 0 Å². The number of hydrogen-bond acceptors (Lipinski definition) is 1. The van der Waals surface area contributed by atoms with Crippen LogP contribution in [0.5, 0.6) is 0 Å². The van der Waals surface area contributed by atoms with Gasteiger partial charge in [0.05, 0.1) is 12.7 Å². The second kappa shape index (κ2) is 3.48. The van der Waals surface area contributed by atoms with Crippen molar-refractivity contribution < 1.29 is 4.42 Å². The molecule has 1 nitrogen and oxygen atoms in total. The topological polar surface area (TPSA) is 13.1 Å². The maximum atomic E-state index is 5.20. The number of hydrogen-bond donors (Lipinski definition) is 0. The average Bonchev–Trinajstić information content (AvgIpc) is 2.57. The van der Waals surface area contributed by atoms with Crippen LogP contribution in [0.1, 0.15) is 16.9 Å². The molecule has 0 bridgehead atoms. The van der Waals surface area contributed by atoms with Gasteiger partial charge in [0, 0.05) is 0 Å². The average molecular weight is 170 g/mol. The lowest BCUT2D eigenvalue weighted by atomic mass is 10.1. The molecule has 0 amide bonds. The van der Waals surface area contributed by atoms with E-state index in [0.29, 0.717) is 0 Å². The molecule has 13 heavy (non-hydrogen) atoms. The van der Waals surface area contributed by atoms with Crippen LogP contribution in [0.15, 0.2) is 47.1 Å².